The molecule has 0 spiro atoms. The quantitative estimate of drug-likeness (QED) is 0.768. The molecule has 0 saturated heterocycles. The molecule has 2 atom stereocenters. The number of hydrogen-bond acceptors (Lipinski definition) is 6. The lowest BCUT2D eigenvalue weighted by atomic mass is 9.96. The van der Waals surface area contributed by atoms with E-state index in [1.807, 2.05) is 20.8 Å². The van der Waals surface area contributed by atoms with E-state index in [9.17, 15) is 5.11 Å². The van der Waals surface area contributed by atoms with Crippen LogP contribution in [0.25, 0.3) is 0 Å². The highest BCUT2D eigenvalue weighted by Gasteiger charge is 2.35. The van der Waals surface area contributed by atoms with Crippen LogP contribution in [0.5, 0.6) is 0 Å². The SMILES string of the molecule is CCOC(CC)(CC)c1noc(C(N)C(C)O)n1. The molecule has 1 heterocycles. The zero-order chi connectivity index (χ0) is 13.8. The lowest BCUT2D eigenvalue weighted by molar-refractivity contribution is -0.0583. The zero-order valence-corrected chi connectivity index (χ0v) is 11.5. The first-order chi connectivity index (χ1) is 8.50. The summed E-state index contributed by atoms with van der Waals surface area (Å²) in [7, 11) is 0. The molecule has 0 radical (unpaired) electrons. The van der Waals surface area contributed by atoms with Gasteiger partial charge in [0.05, 0.1) is 6.10 Å². The van der Waals surface area contributed by atoms with Crippen LogP contribution in [0.4, 0.5) is 0 Å². The molecular formula is C12H23N3O3. The summed E-state index contributed by atoms with van der Waals surface area (Å²) in [4.78, 5) is 4.28. The average Bonchev–Trinajstić information content (AvgIpc) is 2.85. The van der Waals surface area contributed by atoms with Crippen LogP contribution in [-0.4, -0.2) is 28.0 Å². The van der Waals surface area contributed by atoms with Crippen LogP contribution in [0.2, 0.25) is 0 Å². The van der Waals surface area contributed by atoms with Gasteiger partial charge >= 0.3 is 0 Å². The van der Waals surface area contributed by atoms with Gasteiger partial charge in [-0.2, -0.15) is 4.98 Å². The van der Waals surface area contributed by atoms with Crippen LogP contribution in [0, 0.1) is 0 Å². The van der Waals surface area contributed by atoms with Crippen molar-refractivity contribution in [3.8, 4) is 0 Å². The fraction of sp³-hybridized carbons (Fsp3) is 0.833. The first-order valence-corrected chi connectivity index (χ1v) is 6.42. The summed E-state index contributed by atoms with van der Waals surface area (Å²) in [6.07, 6.45) is 0.767. The predicted molar refractivity (Wildman–Crippen MR) is 66.8 cm³/mol. The molecular weight excluding hydrogens is 234 g/mol. The Balaban J connectivity index is 3.01. The molecule has 6 nitrogen and oxygen atoms in total. The summed E-state index contributed by atoms with van der Waals surface area (Å²) in [5.41, 5.74) is 5.23. The molecule has 18 heavy (non-hydrogen) atoms. The summed E-state index contributed by atoms with van der Waals surface area (Å²) < 4.78 is 10.9. The van der Waals surface area contributed by atoms with Crippen LogP contribution in [0.3, 0.4) is 0 Å². The molecule has 0 amide bonds. The van der Waals surface area contributed by atoms with E-state index in [2.05, 4.69) is 10.1 Å². The van der Waals surface area contributed by atoms with Crippen molar-refractivity contribution in [1.29, 1.82) is 0 Å². The molecule has 0 aliphatic rings. The first kappa shape index (κ1) is 15.1. The monoisotopic (exact) mass is 257 g/mol. The Bertz CT molecular complexity index is 361. The van der Waals surface area contributed by atoms with Gasteiger partial charge in [-0.25, -0.2) is 0 Å². The van der Waals surface area contributed by atoms with E-state index < -0.39 is 17.7 Å². The Morgan fingerprint density at radius 1 is 1.39 bits per heavy atom. The van der Waals surface area contributed by atoms with Gasteiger partial charge in [-0.1, -0.05) is 19.0 Å². The van der Waals surface area contributed by atoms with Crippen molar-refractivity contribution in [1.82, 2.24) is 10.1 Å². The van der Waals surface area contributed by atoms with Crippen molar-refractivity contribution in [2.75, 3.05) is 6.61 Å². The standard InChI is InChI=1S/C12H23N3O3/c1-5-12(6-2,17-7-3)11-14-10(18-15-11)9(13)8(4)16/h8-9,16H,5-7,13H2,1-4H3. The van der Waals surface area contributed by atoms with E-state index in [1.54, 1.807) is 6.92 Å². The van der Waals surface area contributed by atoms with Gasteiger partial charge in [-0.05, 0) is 26.7 Å². The maximum absolute atomic E-state index is 9.42. The van der Waals surface area contributed by atoms with Crippen LogP contribution in [0.15, 0.2) is 4.52 Å². The van der Waals surface area contributed by atoms with E-state index in [4.69, 9.17) is 15.0 Å². The second-order valence-corrected chi connectivity index (χ2v) is 4.36. The number of hydrogen-bond donors (Lipinski definition) is 2. The van der Waals surface area contributed by atoms with Crippen molar-refractivity contribution in [3.63, 3.8) is 0 Å². The van der Waals surface area contributed by atoms with Crippen molar-refractivity contribution < 1.29 is 14.4 Å². The topological polar surface area (TPSA) is 94.4 Å². The Labute approximate surface area is 108 Å². The smallest absolute Gasteiger partial charge is 0.246 e. The van der Waals surface area contributed by atoms with Gasteiger partial charge in [0.15, 0.2) is 0 Å². The number of aliphatic hydroxyl groups is 1. The summed E-state index contributed by atoms with van der Waals surface area (Å²) >= 11 is 0. The van der Waals surface area contributed by atoms with Gasteiger partial charge in [0.1, 0.15) is 11.6 Å². The third kappa shape index (κ3) is 2.88. The molecule has 104 valence electrons. The van der Waals surface area contributed by atoms with E-state index in [0.717, 1.165) is 12.8 Å². The lowest BCUT2D eigenvalue weighted by Gasteiger charge is -2.27. The fourth-order valence-corrected chi connectivity index (χ4v) is 1.87. The highest BCUT2D eigenvalue weighted by molar-refractivity contribution is 5.03. The summed E-state index contributed by atoms with van der Waals surface area (Å²) in [6.45, 7) is 8.13. The highest BCUT2D eigenvalue weighted by Crippen LogP contribution is 2.31. The molecule has 1 aromatic rings. The van der Waals surface area contributed by atoms with E-state index in [-0.39, 0.29) is 5.89 Å². The second-order valence-electron chi connectivity index (χ2n) is 4.36. The molecule has 0 aliphatic carbocycles. The molecule has 1 aromatic heterocycles. The second kappa shape index (κ2) is 6.26. The van der Waals surface area contributed by atoms with Crippen molar-refractivity contribution in [2.24, 2.45) is 5.73 Å². The average molecular weight is 257 g/mol. The highest BCUT2D eigenvalue weighted by atomic mass is 16.5. The van der Waals surface area contributed by atoms with Crippen LogP contribution in [-0.2, 0) is 10.3 Å². The van der Waals surface area contributed by atoms with Crippen LogP contribution < -0.4 is 5.73 Å². The van der Waals surface area contributed by atoms with E-state index in [0.29, 0.717) is 12.4 Å². The normalized spacial score (nSPS) is 15.7. The third-order valence-electron chi connectivity index (χ3n) is 3.22. The van der Waals surface area contributed by atoms with Gasteiger partial charge in [-0.15, -0.1) is 0 Å². The van der Waals surface area contributed by atoms with Crippen molar-refractivity contribution in [2.45, 2.75) is 58.3 Å². The first-order valence-electron chi connectivity index (χ1n) is 6.42. The number of rotatable bonds is 7. The number of ether oxygens (including phenoxy) is 1. The number of aromatic nitrogens is 2. The Morgan fingerprint density at radius 3 is 2.44 bits per heavy atom. The lowest BCUT2D eigenvalue weighted by Crippen LogP contribution is -2.30. The summed E-state index contributed by atoms with van der Waals surface area (Å²) in [6, 6.07) is -0.667. The largest absolute Gasteiger partial charge is 0.391 e. The maximum atomic E-state index is 9.42. The van der Waals surface area contributed by atoms with E-state index in [1.165, 1.54) is 0 Å². The Kier molecular flexibility index (Phi) is 5.25. The molecule has 0 bridgehead atoms. The summed E-state index contributed by atoms with van der Waals surface area (Å²) in [5.74, 6) is 0.742. The molecule has 2 unspecified atom stereocenters. The maximum Gasteiger partial charge on any atom is 0.246 e. The molecule has 0 fully saturated rings. The predicted octanol–water partition coefficient (Wildman–Crippen LogP) is 1.50. The minimum absolute atomic E-state index is 0.242. The van der Waals surface area contributed by atoms with Gasteiger partial charge in [0.25, 0.3) is 0 Å². The van der Waals surface area contributed by atoms with Crippen LogP contribution >= 0.6 is 0 Å². The van der Waals surface area contributed by atoms with Crippen LogP contribution in [0.1, 0.15) is 58.3 Å². The molecule has 0 aromatic carbocycles. The molecule has 6 heteroatoms. The van der Waals surface area contributed by atoms with Gasteiger partial charge in [-0.3, -0.25) is 0 Å². The fourth-order valence-electron chi connectivity index (χ4n) is 1.87. The van der Waals surface area contributed by atoms with Gasteiger partial charge in [0.2, 0.25) is 11.7 Å². The molecule has 0 aliphatic heterocycles. The minimum atomic E-state index is -0.733. The van der Waals surface area contributed by atoms with Crippen molar-refractivity contribution >= 4 is 0 Å². The Hall–Kier alpha value is -0.980. The Morgan fingerprint density at radius 2 is 2.00 bits per heavy atom. The molecule has 0 saturated carbocycles. The van der Waals surface area contributed by atoms with Crippen molar-refractivity contribution in [3.05, 3.63) is 11.7 Å². The van der Waals surface area contributed by atoms with E-state index >= 15 is 0 Å². The molecule has 3 N–H and O–H groups in total. The van der Waals surface area contributed by atoms with Gasteiger partial charge in [0, 0.05) is 6.61 Å². The molecule has 1 rings (SSSR count). The third-order valence-corrected chi connectivity index (χ3v) is 3.22. The number of nitrogens with zero attached hydrogens (tertiary/aromatic N) is 2. The number of aliphatic hydroxyl groups excluding tert-OH is 1. The summed E-state index contributed by atoms with van der Waals surface area (Å²) in [5, 5.41) is 13.4. The minimum Gasteiger partial charge on any atom is -0.391 e. The number of nitrogens with two attached hydrogens (primary N) is 1. The zero-order valence-electron chi connectivity index (χ0n) is 11.5. The van der Waals surface area contributed by atoms with Gasteiger partial charge < -0.3 is 20.1 Å².